The van der Waals surface area contributed by atoms with Crippen molar-refractivity contribution in [3.8, 4) is 28.1 Å². The first-order chi connectivity index (χ1) is 12.6. The Morgan fingerprint density at radius 3 is 2.15 bits per heavy atom. The number of fused-ring (bicyclic) bond motifs is 1. The van der Waals surface area contributed by atoms with Gasteiger partial charge >= 0.3 is 0 Å². The summed E-state index contributed by atoms with van der Waals surface area (Å²) in [5, 5.41) is 2.00. The van der Waals surface area contributed by atoms with Crippen molar-refractivity contribution < 1.29 is 4.74 Å². The Morgan fingerprint density at radius 2 is 1.50 bits per heavy atom. The zero-order chi connectivity index (χ0) is 18.3. The van der Waals surface area contributed by atoms with Gasteiger partial charge < -0.3 is 9.30 Å². The third kappa shape index (κ3) is 2.77. The summed E-state index contributed by atoms with van der Waals surface area (Å²) >= 11 is 6.12. The summed E-state index contributed by atoms with van der Waals surface area (Å²) in [6.45, 7) is 2.13. The number of aryl methyl sites for hydroxylation is 2. The average Bonchev–Trinajstić information content (AvgIpc) is 2.94. The normalized spacial score (nSPS) is 11.1. The Bertz CT molecular complexity index is 1080. The third-order valence-electron chi connectivity index (χ3n) is 4.85. The van der Waals surface area contributed by atoms with Crippen LogP contribution < -0.4 is 4.74 Å². The van der Waals surface area contributed by atoms with E-state index in [9.17, 15) is 0 Å². The quantitative estimate of drug-likeness (QED) is 0.407. The molecule has 1 heterocycles. The van der Waals surface area contributed by atoms with E-state index >= 15 is 0 Å². The van der Waals surface area contributed by atoms with Crippen LogP contribution in [0.5, 0.6) is 5.75 Å². The van der Waals surface area contributed by atoms with Crippen LogP contribution >= 0.6 is 11.6 Å². The Labute approximate surface area is 158 Å². The fraction of sp³-hybridized carbons (Fsp3) is 0.130. The van der Waals surface area contributed by atoms with Crippen molar-refractivity contribution in [2.24, 2.45) is 7.05 Å². The second-order valence-electron chi connectivity index (χ2n) is 6.54. The molecule has 0 fully saturated rings. The van der Waals surface area contributed by atoms with E-state index in [1.165, 1.54) is 27.7 Å². The van der Waals surface area contributed by atoms with E-state index in [1.807, 2.05) is 24.3 Å². The van der Waals surface area contributed by atoms with Gasteiger partial charge in [-0.15, -0.1) is 0 Å². The van der Waals surface area contributed by atoms with Crippen molar-refractivity contribution >= 4 is 22.5 Å². The first kappa shape index (κ1) is 16.7. The number of aromatic nitrogens is 1. The highest BCUT2D eigenvalue weighted by Crippen LogP contribution is 2.41. The van der Waals surface area contributed by atoms with Crippen LogP contribution in [0.3, 0.4) is 0 Å². The molecule has 0 saturated heterocycles. The van der Waals surface area contributed by atoms with Gasteiger partial charge in [0.2, 0.25) is 0 Å². The molecule has 0 saturated carbocycles. The lowest BCUT2D eigenvalue weighted by molar-refractivity contribution is 0.415. The minimum absolute atomic E-state index is 0.746. The SMILES string of the molecule is COc1ccc(-c2c(-c3ccc(Cl)cc3)c3cc(C)ccc3n2C)cc1. The standard InChI is InChI=1S/C23H20ClNO/c1-15-4-13-21-20(14-15)22(16-5-9-18(24)10-6-16)23(25(21)2)17-7-11-19(26-3)12-8-17/h4-14H,1-3H3. The van der Waals surface area contributed by atoms with E-state index in [-0.39, 0.29) is 0 Å². The van der Waals surface area contributed by atoms with Crippen LogP contribution in [-0.2, 0) is 7.05 Å². The summed E-state index contributed by atoms with van der Waals surface area (Å²) < 4.78 is 7.58. The second kappa shape index (κ2) is 6.54. The minimum atomic E-state index is 0.746. The number of rotatable bonds is 3. The van der Waals surface area contributed by atoms with E-state index in [4.69, 9.17) is 16.3 Å². The van der Waals surface area contributed by atoms with Crippen LogP contribution in [0.4, 0.5) is 0 Å². The Morgan fingerprint density at radius 1 is 0.846 bits per heavy atom. The molecular weight excluding hydrogens is 342 g/mol. The fourth-order valence-corrected chi connectivity index (χ4v) is 3.68. The molecule has 130 valence electrons. The molecule has 0 spiro atoms. The number of hydrogen-bond acceptors (Lipinski definition) is 1. The summed E-state index contributed by atoms with van der Waals surface area (Å²) in [5.41, 5.74) is 7.21. The van der Waals surface area contributed by atoms with Crippen LogP contribution in [0.1, 0.15) is 5.56 Å². The second-order valence-corrected chi connectivity index (χ2v) is 6.98. The lowest BCUT2D eigenvalue weighted by Crippen LogP contribution is -1.93. The Kier molecular flexibility index (Phi) is 4.21. The summed E-state index contributed by atoms with van der Waals surface area (Å²) in [5.74, 6) is 0.858. The summed E-state index contributed by atoms with van der Waals surface area (Å²) in [6, 6.07) is 22.9. The molecule has 3 aromatic carbocycles. The zero-order valence-electron chi connectivity index (χ0n) is 15.1. The van der Waals surface area contributed by atoms with Gasteiger partial charge in [-0.3, -0.25) is 0 Å². The maximum Gasteiger partial charge on any atom is 0.118 e. The van der Waals surface area contributed by atoms with Gasteiger partial charge in [0, 0.05) is 28.5 Å². The van der Waals surface area contributed by atoms with Crippen molar-refractivity contribution in [3.63, 3.8) is 0 Å². The smallest absolute Gasteiger partial charge is 0.118 e. The maximum atomic E-state index is 6.12. The van der Waals surface area contributed by atoms with Gasteiger partial charge in [-0.05, 0) is 66.6 Å². The number of nitrogens with zero attached hydrogens (tertiary/aromatic N) is 1. The van der Waals surface area contributed by atoms with Crippen LogP contribution in [0, 0.1) is 6.92 Å². The summed E-state index contributed by atoms with van der Waals surface area (Å²) in [6.07, 6.45) is 0. The largest absolute Gasteiger partial charge is 0.497 e. The van der Waals surface area contributed by atoms with E-state index in [0.29, 0.717) is 0 Å². The van der Waals surface area contributed by atoms with Gasteiger partial charge in [-0.25, -0.2) is 0 Å². The van der Waals surface area contributed by atoms with Gasteiger partial charge in [-0.1, -0.05) is 35.4 Å². The van der Waals surface area contributed by atoms with Crippen molar-refractivity contribution in [3.05, 3.63) is 77.3 Å². The first-order valence-corrected chi connectivity index (χ1v) is 8.95. The molecule has 3 heteroatoms. The van der Waals surface area contributed by atoms with Crippen molar-refractivity contribution in [1.82, 2.24) is 4.57 Å². The number of methoxy groups -OCH3 is 1. The molecule has 1 aromatic heterocycles. The predicted octanol–water partition coefficient (Wildman–Crippen LogP) is 6.48. The zero-order valence-corrected chi connectivity index (χ0v) is 15.8. The monoisotopic (exact) mass is 361 g/mol. The van der Waals surface area contributed by atoms with Gasteiger partial charge in [0.05, 0.1) is 12.8 Å². The van der Waals surface area contributed by atoms with Crippen LogP contribution in [0.2, 0.25) is 5.02 Å². The molecule has 0 bridgehead atoms. The maximum absolute atomic E-state index is 6.12. The van der Waals surface area contributed by atoms with Crippen molar-refractivity contribution in [1.29, 1.82) is 0 Å². The van der Waals surface area contributed by atoms with E-state index < -0.39 is 0 Å². The highest BCUT2D eigenvalue weighted by molar-refractivity contribution is 6.30. The van der Waals surface area contributed by atoms with E-state index in [1.54, 1.807) is 7.11 Å². The minimum Gasteiger partial charge on any atom is -0.497 e. The van der Waals surface area contributed by atoms with Crippen LogP contribution in [-0.4, -0.2) is 11.7 Å². The van der Waals surface area contributed by atoms with Crippen LogP contribution in [0.15, 0.2) is 66.7 Å². The fourth-order valence-electron chi connectivity index (χ4n) is 3.55. The summed E-state index contributed by atoms with van der Waals surface area (Å²) in [4.78, 5) is 0. The Balaban J connectivity index is 2.05. The predicted molar refractivity (Wildman–Crippen MR) is 110 cm³/mol. The molecule has 0 aliphatic carbocycles. The molecule has 0 aliphatic rings. The van der Waals surface area contributed by atoms with Crippen molar-refractivity contribution in [2.75, 3.05) is 7.11 Å². The molecular formula is C23H20ClNO. The molecule has 0 radical (unpaired) electrons. The van der Waals surface area contributed by atoms with Crippen molar-refractivity contribution in [2.45, 2.75) is 6.92 Å². The molecule has 0 unspecified atom stereocenters. The van der Waals surface area contributed by atoms with Crippen LogP contribution in [0.25, 0.3) is 33.3 Å². The molecule has 0 N–H and O–H groups in total. The molecule has 0 atom stereocenters. The van der Waals surface area contributed by atoms with Gasteiger partial charge in [0.25, 0.3) is 0 Å². The van der Waals surface area contributed by atoms with Gasteiger partial charge in [0.15, 0.2) is 0 Å². The molecule has 0 aliphatic heterocycles. The molecule has 0 amide bonds. The lowest BCUT2D eigenvalue weighted by atomic mass is 9.97. The summed E-state index contributed by atoms with van der Waals surface area (Å²) in [7, 11) is 3.81. The highest BCUT2D eigenvalue weighted by Gasteiger charge is 2.18. The van der Waals surface area contributed by atoms with E-state index in [2.05, 4.69) is 61.0 Å². The molecule has 26 heavy (non-hydrogen) atoms. The number of halogens is 1. The third-order valence-corrected chi connectivity index (χ3v) is 5.10. The number of benzene rings is 3. The molecule has 4 rings (SSSR count). The van der Waals surface area contributed by atoms with Gasteiger partial charge in [-0.2, -0.15) is 0 Å². The lowest BCUT2D eigenvalue weighted by Gasteiger charge is -2.10. The highest BCUT2D eigenvalue weighted by atomic mass is 35.5. The van der Waals surface area contributed by atoms with E-state index in [0.717, 1.165) is 21.9 Å². The Hall–Kier alpha value is -2.71. The molecule has 2 nitrogen and oxygen atoms in total. The number of hydrogen-bond donors (Lipinski definition) is 0. The average molecular weight is 362 g/mol. The topological polar surface area (TPSA) is 14.2 Å². The first-order valence-electron chi connectivity index (χ1n) is 8.58. The molecule has 4 aromatic rings. The number of ether oxygens (including phenoxy) is 1. The van der Waals surface area contributed by atoms with Gasteiger partial charge in [0.1, 0.15) is 5.75 Å².